The van der Waals surface area contributed by atoms with Crippen LogP contribution in [0.15, 0.2) is 60.9 Å². The fraction of sp³-hybridized carbons (Fsp3) is 0.158. The zero-order valence-corrected chi connectivity index (χ0v) is 13.9. The van der Waals surface area contributed by atoms with Crippen molar-refractivity contribution in [3.05, 3.63) is 77.6 Å². The van der Waals surface area contributed by atoms with Crippen molar-refractivity contribution in [2.75, 3.05) is 5.32 Å². The van der Waals surface area contributed by atoms with Gasteiger partial charge in [0.15, 0.2) is 0 Å². The van der Waals surface area contributed by atoms with Crippen molar-refractivity contribution in [3.8, 4) is 5.75 Å². The molecular formula is C19H16F2N4O. The van der Waals surface area contributed by atoms with Crippen molar-refractivity contribution in [2.24, 2.45) is 0 Å². The topological polar surface area (TPSA) is 52.0 Å². The summed E-state index contributed by atoms with van der Waals surface area (Å²) in [6, 6.07) is 14.6. The lowest BCUT2D eigenvalue weighted by molar-refractivity contribution is -0.0500. The number of anilines is 1. The van der Waals surface area contributed by atoms with Crippen LogP contribution >= 0.6 is 0 Å². The number of fused-ring (bicyclic) bond motifs is 1. The van der Waals surface area contributed by atoms with Crippen LogP contribution in [0.25, 0.3) is 5.70 Å². The summed E-state index contributed by atoms with van der Waals surface area (Å²) in [5.41, 5.74) is 3.36. The zero-order chi connectivity index (χ0) is 18.1. The number of allylic oxidation sites excluding steroid dienone is 1. The molecule has 0 saturated heterocycles. The van der Waals surface area contributed by atoms with Gasteiger partial charge in [0.25, 0.3) is 0 Å². The highest BCUT2D eigenvalue weighted by molar-refractivity contribution is 5.80. The van der Waals surface area contributed by atoms with Gasteiger partial charge in [-0.05, 0) is 30.7 Å². The largest absolute Gasteiger partial charge is 0.434 e. The summed E-state index contributed by atoms with van der Waals surface area (Å²) in [5, 5.41) is 7.43. The first-order valence-corrected chi connectivity index (χ1v) is 8.11. The van der Waals surface area contributed by atoms with Crippen molar-refractivity contribution in [1.29, 1.82) is 0 Å². The molecule has 1 atom stereocenters. The van der Waals surface area contributed by atoms with Crippen molar-refractivity contribution in [3.63, 3.8) is 0 Å². The number of rotatable bonds is 4. The number of ether oxygens (including phenoxy) is 1. The summed E-state index contributed by atoms with van der Waals surface area (Å²) in [4.78, 5) is 4.23. The lowest BCUT2D eigenvalue weighted by Crippen LogP contribution is -2.20. The maximum atomic E-state index is 12.7. The van der Waals surface area contributed by atoms with E-state index in [2.05, 4.69) is 20.1 Å². The van der Waals surface area contributed by atoms with Crippen LogP contribution in [0, 0.1) is 6.92 Å². The lowest BCUT2D eigenvalue weighted by Gasteiger charge is -2.25. The Morgan fingerprint density at radius 1 is 1.12 bits per heavy atom. The number of nitrogens with zero attached hydrogens (tertiary/aromatic N) is 3. The van der Waals surface area contributed by atoms with Gasteiger partial charge in [0, 0.05) is 5.56 Å². The number of hydrogen-bond acceptors (Lipinski definition) is 4. The molecule has 2 heterocycles. The van der Waals surface area contributed by atoms with Gasteiger partial charge in [0.05, 0.1) is 5.70 Å². The van der Waals surface area contributed by atoms with E-state index in [1.54, 1.807) is 22.9 Å². The molecule has 0 spiro atoms. The molecule has 1 aliphatic heterocycles. The molecule has 0 radical (unpaired) electrons. The molecule has 0 bridgehead atoms. The normalized spacial score (nSPS) is 16.0. The van der Waals surface area contributed by atoms with Crippen LogP contribution in [0.4, 0.5) is 14.7 Å². The Hall–Kier alpha value is -3.22. The van der Waals surface area contributed by atoms with Gasteiger partial charge in [-0.2, -0.15) is 18.9 Å². The van der Waals surface area contributed by atoms with Crippen LogP contribution in [-0.4, -0.2) is 21.4 Å². The second kappa shape index (κ2) is 6.59. The van der Waals surface area contributed by atoms with E-state index >= 15 is 0 Å². The van der Waals surface area contributed by atoms with Crippen LogP contribution in [-0.2, 0) is 0 Å². The van der Waals surface area contributed by atoms with Gasteiger partial charge in [-0.3, -0.25) is 0 Å². The molecule has 0 amide bonds. The average Bonchev–Trinajstić information content (AvgIpc) is 3.10. The highest BCUT2D eigenvalue weighted by Gasteiger charge is 2.25. The van der Waals surface area contributed by atoms with Crippen LogP contribution < -0.4 is 10.1 Å². The summed E-state index contributed by atoms with van der Waals surface area (Å²) in [7, 11) is 0. The average molecular weight is 354 g/mol. The number of aryl methyl sites for hydroxylation is 1. The first-order chi connectivity index (χ1) is 12.6. The van der Waals surface area contributed by atoms with Crippen molar-refractivity contribution in [2.45, 2.75) is 19.6 Å². The number of halogens is 2. The number of aromatic nitrogens is 3. The standard InChI is InChI=1S/C19H16F2N4O/c1-12-6-8-13(9-7-12)16-10-15(24-19-22-11-23-25(16)19)14-4-2-3-5-17(14)26-18(20)21/h2-11,16,18H,1H3,(H,22,23,24)/t16-/m0/s1. The Bertz CT molecular complexity index is 950. The molecule has 7 heteroatoms. The maximum Gasteiger partial charge on any atom is 0.387 e. The van der Waals surface area contributed by atoms with E-state index in [0.717, 1.165) is 11.1 Å². The van der Waals surface area contributed by atoms with E-state index in [-0.39, 0.29) is 11.8 Å². The Kier molecular flexibility index (Phi) is 4.12. The molecule has 4 rings (SSSR count). The summed E-state index contributed by atoms with van der Waals surface area (Å²) in [6.07, 6.45) is 3.39. The highest BCUT2D eigenvalue weighted by Crippen LogP contribution is 2.35. The second-order valence-corrected chi connectivity index (χ2v) is 5.96. The fourth-order valence-electron chi connectivity index (χ4n) is 2.98. The summed E-state index contributed by atoms with van der Waals surface area (Å²) in [5.74, 6) is 0.650. The van der Waals surface area contributed by atoms with Gasteiger partial charge in [0.2, 0.25) is 5.95 Å². The first kappa shape index (κ1) is 16.3. The van der Waals surface area contributed by atoms with Gasteiger partial charge in [0.1, 0.15) is 18.1 Å². The Morgan fingerprint density at radius 3 is 2.65 bits per heavy atom. The van der Waals surface area contributed by atoms with E-state index < -0.39 is 6.61 Å². The third-order valence-corrected chi connectivity index (χ3v) is 4.22. The smallest absolute Gasteiger partial charge is 0.387 e. The minimum atomic E-state index is -2.89. The van der Waals surface area contributed by atoms with Gasteiger partial charge in [-0.15, -0.1) is 0 Å². The van der Waals surface area contributed by atoms with Crippen molar-refractivity contribution < 1.29 is 13.5 Å². The summed E-state index contributed by atoms with van der Waals surface area (Å²) in [6.45, 7) is -0.872. The molecule has 1 aromatic heterocycles. The quantitative estimate of drug-likeness (QED) is 0.761. The molecule has 26 heavy (non-hydrogen) atoms. The number of benzene rings is 2. The van der Waals surface area contributed by atoms with E-state index in [9.17, 15) is 8.78 Å². The Morgan fingerprint density at radius 2 is 1.88 bits per heavy atom. The molecule has 1 N–H and O–H groups in total. The monoisotopic (exact) mass is 354 g/mol. The van der Waals surface area contributed by atoms with E-state index in [1.165, 1.54) is 12.4 Å². The van der Waals surface area contributed by atoms with Crippen LogP contribution in [0.1, 0.15) is 22.7 Å². The molecule has 2 aromatic carbocycles. The van der Waals surface area contributed by atoms with Crippen molar-refractivity contribution in [1.82, 2.24) is 14.8 Å². The van der Waals surface area contributed by atoms with Crippen LogP contribution in [0.2, 0.25) is 0 Å². The van der Waals surface area contributed by atoms with E-state index in [4.69, 9.17) is 0 Å². The van der Waals surface area contributed by atoms with Gasteiger partial charge < -0.3 is 10.1 Å². The highest BCUT2D eigenvalue weighted by atomic mass is 19.3. The first-order valence-electron chi connectivity index (χ1n) is 8.11. The Balaban J connectivity index is 1.79. The molecule has 1 aliphatic rings. The number of nitrogens with one attached hydrogen (secondary N) is 1. The molecule has 0 aliphatic carbocycles. The predicted molar refractivity (Wildman–Crippen MR) is 94.0 cm³/mol. The van der Waals surface area contributed by atoms with Gasteiger partial charge >= 0.3 is 6.61 Å². The number of alkyl halides is 2. The van der Waals surface area contributed by atoms with Gasteiger partial charge in [-0.1, -0.05) is 42.0 Å². The molecule has 5 nitrogen and oxygen atoms in total. The molecule has 0 fully saturated rings. The number of para-hydroxylation sites is 1. The lowest BCUT2D eigenvalue weighted by atomic mass is 10.0. The minimum absolute atomic E-state index is 0.108. The van der Waals surface area contributed by atoms with Gasteiger partial charge in [-0.25, -0.2) is 4.68 Å². The second-order valence-electron chi connectivity index (χ2n) is 5.96. The van der Waals surface area contributed by atoms with Crippen molar-refractivity contribution >= 4 is 11.6 Å². The van der Waals surface area contributed by atoms with E-state index in [0.29, 0.717) is 17.2 Å². The molecular weight excluding hydrogens is 338 g/mol. The van der Waals surface area contributed by atoms with Crippen LogP contribution in [0.3, 0.4) is 0 Å². The van der Waals surface area contributed by atoms with E-state index in [1.807, 2.05) is 37.3 Å². The van der Waals surface area contributed by atoms with Crippen LogP contribution in [0.5, 0.6) is 5.75 Å². The summed E-state index contributed by atoms with van der Waals surface area (Å²) < 4.78 is 31.9. The molecule has 3 aromatic rings. The number of hydrogen-bond donors (Lipinski definition) is 1. The minimum Gasteiger partial charge on any atom is -0.434 e. The fourth-order valence-corrected chi connectivity index (χ4v) is 2.98. The predicted octanol–water partition coefficient (Wildman–Crippen LogP) is 4.24. The maximum absolute atomic E-state index is 12.7. The SMILES string of the molecule is Cc1ccc([C@@H]2C=C(c3ccccc3OC(F)F)Nc3ncnn32)cc1. The third kappa shape index (κ3) is 3.03. The summed E-state index contributed by atoms with van der Waals surface area (Å²) >= 11 is 0. The zero-order valence-electron chi connectivity index (χ0n) is 13.9. The molecule has 0 saturated carbocycles. The Labute approximate surface area is 148 Å². The third-order valence-electron chi connectivity index (χ3n) is 4.22. The molecule has 132 valence electrons. The molecule has 0 unspecified atom stereocenters.